The van der Waals surface area contributed by atoms with Gasteiger partial charge in [0, 0.05) is 12.5 Å². The number of fused-ring (bicyclic) bond motifs is 1. The Labute approximate surface area is 170 Å². The van der Waals surface area contributed by atoms with Crippen LogP contribution in [0.2, 0.25) is 0 Å². The van der Waals surface area contributed by atoms with Gasteiger partial charge >= 0.3 is 5.97 Å². The topological polar surface area (TPSA) is 84.9 Å². The zero-order valence-corrected chi connectivity index (χ0v) is 16.8. The average molecular weight is 397 g/mol. The van der Waals surface area contributed by atoms with Crippen LogP contribution >= 0.6 is 0 Å². The van der Waals surface area contributed by atoms with E-state index in [9.17, 15) is 9.59 Å². The fourth-order valence-electron chi connectivity index (χ4n) is 3.35. The van der Waals surface area contributed by atoms with Gasteiger partial charge in [0.1, 0.15) is 13.2 Å². The summed E-state index contributed by atoms with van der Waals surface area (Å²) in [7, 11) is 0. The van der Waals surface area contributed by atoms with Gasteiger partial charge < -0.3 is 19.9 Å². The second-order valence-electron chi connectivity index (χ2n) is 7.78. The molecule has 0 bridgehead atoms. The lowest BCUT2D eigenvalue weighted by molar-refractivity contribution is -0.137. The van der Waals surface area contributed by atoms with Crippen LogP contribution < -0.4 is 14.8 Å². The van der Waals surface area contributed by atoms with E-state index in [0.717, 1.165) is 11.1 Å². The molecule has 1 heterocycles. The van der Waals surface area contributed by atoms with Crippen LogP contribution in [0.25, 0.3) is 0 Å². The Morgan fingerprint density at radius 2 is 1.76 bits per heavy atom. The molecule has 3 rings (SSSR count). The molecule has 1 unspecified atom stereocenters. The van der Waals surface area contributed by atoms with Crippen LogP contribution in [0.5, 0.6) is 11.5 Å². The van der Waals surface area contributed by atoms with Crippen molar-refractivity contribution in [3.8, 4) is 11.5 Å². The highest BCUT2D eigenvalue weighted by atomic mass is 16.6. The van der Waals surface area contributed by atoms with Crippen molar-refractivity contribution in [2.24, 2.45) is 0 Å². The van der Waals surface area contributed by atoms with Crippen LogP contribution in [0.1, 0.15) is 37.8 Å². The lowest BCUT2D eigenvalue weighted by atomic mass is 9.83. The first-order chi connectivity index (χ1) is 13.9. The molecule has 6 nitrogen and oxygen atoms in total. The number of ether oxygens (including phenoxy) is 2. The van der Waals surface area contributed by atoms with E-state index in [-0.39, 0.29) is 18.4 Å². The maximum atomic E-state index is 13.1. The molecule has 0 fully saturated rings. The van der Waals surface area contributed by atoms with E-state index in [4.69, 9.17) is 14.6 Å². The number of aliphatic carboxylic acids is 1. The minimum Gasteiger partial charge on any atom is -0.486 e. The number of carbonyl (C=O) groups excluding carboxylic acids is 1. The first-order valence-electron chi connectivity index (χ1n) is 9.83. The molecule has 1 aliphatic heterocycles. The van der Waals surface area contributed by atoms with Gasteiger partial charge in [-0.2, -0.15) is 0 Å². The fraction of sp³-hybridized carbons (Fsp3) is 0.391. The largest absolute Gasteiger partial charge is 0.486 e. The predicted molar refractivity (Wildman–Crippen MR) is 109 cm³/mol. The second kappa shape index (κ2) is 8.99. The Morgan fingerprint density at radius 3 is 2.45 bits per heavy atom. The summed E-state index contributed by atoms with van der Waals surface area (Å²) in [5, 5.41) is 12.1. The molecule has 0 spiro atoms. The molecule has 0 aromatic heterocycles. The number of benzene rings is 2. The van der Waals surface area contributed by atoms with E-state index >= 15 is 0 Å². The molecule has 0 saturated heterocycles. The fourth-order valence-corrected chi connectivity index (χ4v) is 3.35. The monoisotopic (exact) mass is 397 g/mol. The summed E-state index contributed by atoms with van der Waals surface area (Å²) >= 11 is 0. The molecule has 0 aliphatic carbocycles. The van der Waals surface area contributed by atoms with Crippen molar-refractivity contribution in [1.82, 2.24) is 5.32 Å². The smallest absolute Gasteiger partial charge is 0.303 e. The van der Waals surface area contributed by atoms with Gasteiger partial charge in [-0.25, -0.2) is 0 Å². The van der Waals surface area contributed by atoms with Crippen molar-refractivity contribution in [1.29, 1.82) is 0 Å². The summed E-state index contributed by atoms with van der Waals surface area (Å²) in [6.07, 6.45) is 0.951. The summed E-state index contributed by atoms with van der Waals surface area (Å²) in [4.78, 5) is 24.2. The highest BCUT2D eigenvalue weighted by Gasteiger charge is 2.32. The Hall–Kier alpha value is -3.02. The third-order valence-electron chi connectivity index (χ3n) is 5.20. The maximum Gasteiger partial charge on any atom is 0.303 e. The predicted octanol–water partition coefficient (Wildman–Crippen LogP) is 3.33. The first kappa shape index (κ1) is 20.7. The molecule has 6 heteroatoms. The van der Waals surface area contributed by atoms with Crippen molar-refractivity contribution in [3.63, 3.8) is 0 Å². The zero-order chi connectivity index (χ0) is 20.9. The van der Waals surface area contributed by atoms with Gasteiger partial charge in [0.05, 0.1) is 5.41 Å². The SMILES string of the molecule is CC(C)(C(=O)NC(CCC(=O)O)Cc1ccccc1)c1ccc2c(c1)OCCO2. The van der Waals surface area contributed by atoms with E-state index in [1.54, 1.807) is 0 Å². The second-order valence-corrected chi connectivity index (χ2v) is 7.78. The van der Waals surface area contributed by atoms with E-state index < -0.39 is 11.4 Å². The third kappa shape index (κ3) is 5.28. The van der Waals surface area contributed by atoms with Gasteiger partial charge in [-0.1, -0.05) is 36.4 Å². The summed E-state index contributed by atoms with van der Waals surface area (Å²) in [5.74, 6) is 0.296. The first-order valence-corrected chi connectivity index (χ1v) is 9.83. The Bertz CT molecular complexity index is 863. The number of hydrogen-bond acceptors (Lipinski definition) is 4. The number of carboxylic acid groups (broad SMARTS) is 1. The zero-order valence-electron chi connectivity index (χ0n) is 16.8. The van der Waals surface area contributed by atoms with Crippen LogP contribution in [-0.2, 0) is 21.4 Å². The van der Waals surface area contributed by atoms with Crippen LogP contribution in [-0.4, -0.2) is 36.2 Å². The summed E-state index contributed by atoms with van der Waals surface area (Å²) in [5.41, 5.74) is 1.06. The summed E-state index contributed by atoms with van der Waals surface area (Å²) < 4.78 is 11.2. The van der Waals surface area contributed by atoms with Gasteiger partial charge in [-0.15, -0.1) is 0 Å². The highest BCUT2D eigenvalue weighted by molar-refractivity contribution is 5.87. The standard InChI is InChI=1S/C23H27NO5/c1-23(2,17-8-10-19-20(15-17)29-13-12-28-19)22(27)24-18(9-11-21(25)26)14-16-6-4-3-5-7-16/h3-8,10,15,18H,9,11-14H2,1-2H3,(H,24,27)(H,25,26). The minimum absolute atomic E-state index is 0.00222. The lowest BCUT2D eigenvalue weighted by Gasteiger charge is -2.29. The quantitative estimate of drug-likeness (QED) is 0.714. The van der Waals surface area contributed by atoms with E-state index in [1.165, 1.54) is 0 Å². The summed E-state index contributed by atoms with van der Waals surface area (Å²) in [6, 6.07) is 15.0. The van der Waals surface area contributed by atoms with E-state index in [0.29, 0.717) is 37.6 Å². The van der Waals surface area contributed by atoms with Gasteiger partial charge in [0.2, 0.25) is 5.91 Å². The van der Waals surface area contributed by atoms with Crippen LogP contribution in [0.3, 0.4) is 0 Å². The number of carbonyl (C=O) groups is 2. The molecule has 1 aliphatic rings. The van der Waals surface area contributed by atoms with Gasteiger partial charge in [-0.05, 0) is 49.9 Å². The number of amides is 1. The number of rotatable bonds is 8. The molecule has 154 valence electrons. The molecule has 1 atom stereocenters. The van der Waals surface area contributed by atoms with Crippen LogP contribution in [0.4, 0.5) is 0 Å². The molecule has 2 N–H and O–H groups in total. The van der Waals surface area contributed by atoms with Gasteiger partial charge in [-0.3, -0.25) is 9.59 Å². The molecule has 1 amide bonds. The number of nitrogens with one attached hydrogen (secondary N) is 1. The normalized spacial score (nSPS) is 14.1. The summed E-state index contributed by atoms with van der Waals surface area (Å²) in [6.45, 7) is 4.70. The highest BCUT2D eigenvalue weighted by Crippen LogP contribution is 2.35. The lowest BCUT2D eigenvalue weighted by Crippen LogP contribution is -2.46. The van der Waals surface area contributed by atoms with E-state index in [2.05, 4.69) is 5.32 Å². The average Bonchev–Trinajstić information content (AvgIpc) is 2.72. The third-order valence-corrected chi connectivity index (χ3v) is 5.20. The van der Waals surface area contributed by atoms with Crippen molar-refractivity contribution in [2.45, 2.75) is 44.6 Å². The van der Waals surface area contributed by atoms with Gasteiger partial charge in [0.15, 0.2) is 11.5 Å². The van der Waals surface area contributed by atoms with Crippen molar-refractivity contribution < 1.29 is 24.2 Å². The van der Waals surface area contributed by atoms with Crippen LogP contribution in [0, 0.1) is 0 Å². The Kier molecular flexibility index (Phi) is 6.42. The van der Waals surface area contributed by atoms with Gasteiger partial charge in [0.25, 0.3) is 0 Å². The van der Waals surface area contributed by atoms with Crippen molar-refractivity contribution >= 4 is 11.9 Å². The molecule has 0 saturated carbocycles. The Morgan fingerprint density at radius 1 is 1.07 bits per heavy atom. The Balaban J connectivity index is 1.75. The minimum atomic E-state index is -0.872. The molecule has 0 radical (unpaired) electrons. The van der Waals surface area contributed by atoms with Crippen molar-refractivity contribution in [3.05, 3.63) is 59.7 Å². The molecular weight excluding hydrogens is 370 g/mol. The molecule has 2 aromatic rings. The molecule has 2 aromatic carbocycles. The molecular formula is C23H27NO5. The maximum absolute atomic E-state index is 13.1. The molecule has 29 heavy (non-hydrogen) atoms. The van der Waals surface area contributed by atoms with Crippen LogP contribution in [0.15, 0.2) is 48.5 Å². The van der Waals surface area contributed by atoms with Crippen molar-refractivity contribution in [2.75, 3.05) is 13.2 Å². The van der Waals surface area contributed by atoms with E-state index in [1.807, 2.05) is 62.4 Å². The number of carboxylic acids is 1. The number of hydrogen-bond donors (Lipinski definition) is 2.